The highest BCUT2D eigenvalue weighted by molar-refractivity contribution is 5.93. The van der Waals surface area contributed by atoms with Crippen LogP contribution in [0.5, 0.6) is 17.4 Å². The smallest absolute Gasteiger partial charge is 0.275 e. The van der Waals surface area contributed by atoms with Gasteiger partial charge in [-0.1, -0.05) is 6.07 Å². The van der Waals surface area contributed by atoms with Crippen LogP contribution in [-0.2, 0) is 0 Å². The Hall–Kier alpha value is -4.25. The van der Waals surface area contributed by atoms with Gasteiger partial charge >= 0.3 is 0 Å². The molecule has 0 atom stereocenters. The minimum atomic E-state index is -0.879. The quantitative estimate of drug-likeness (QED) is 0.385. The highest BCUT2D eigenvalue weighted by atomic mass is 19.1. The maximum Gasteiger partial charge on any atom is 0.275 e. The van der Waals surface area contributed by atoms with Gasteiger partial charge in [0.25, 0.3) is 5.56 Å². The van der Waals surface area contributed by atoms with Crippen LogP contribution >= 0.6 is 0 Å². The van der Waals surface area contributed by atoms with Crippen molar-refractivity contribution in [1.82, 2.24) is 20.5 Å². The fourth-order valence-corrected chi connectivity index (χ4v) is 3.95. The Balaban J connectivity index is 1.55. The zero-order chi connectivity index (χ0) is 24.4. The van der Waals surface area contributed by atoms with E-state index in [9.17, 15) is 13.6 Å². The maximum atomic E-state index is 14.2. The highest BCUT2D eigenvalue weighted by Gasteiger charge is 2.18. The molecule has 0 saturated carbocycles. The van der Waals surface area contributed by atoms with Crippen molar-refractivity contribution in [2.45, 2.75) is 0 Å². The molecule has 180 valence electrons. The summed E-state index contributed by atoms with van der Waals surface area (Å²) in [7, 11) is 1.55. The van der Waals surface area contributed by atoms with Crippen molar-refractivity contribution in [3.05, 3.63) is 70.6 Å². The number of anilines is 3. The maximum absolute atomic E-state index is 14.2. The van der Waals surface area contributed by atoms with Gasteiger partial charge in [-0.3, -0.25) is 4.79 Å². The van der Waals surface area contributed by atoms with Crippen LogP contribution in [0.2, 0.25) is 0 Å². The van der Waals surface area contributed by atoms with Gasteiger partial charge in [0.1, 0.15) is 11.6 Å². The number of aromatic amines is 1. The van der Waals surface area contributed by atoms with Crippen LogP contribution < -0.4 is 30.6 Å². The number of H-pyrrole nitrogens is 1. The number of nitrogens with one attached hydrogen (secondary N) is 3. The van der Waals surface area contributed by atoms with Crippen molar-refractivity contribution in [3.8, 4) is 17.4 Å². The molecule has 5 rings (SSSR count). The first kappa shape index (κ1) is 22.5. The number of aromatic nitrogens is 3. The molecule has 0 spiro atoms. The van der Waals surface area contributed by atoms with Crippen LogP contribution in [0.1, 0.15) is 0 Å². The van der Waals surface area contributed by atoms with Crippen molar-refractivity contribution in [1.29, 1.82) is 0 Å². The molecule has 3 N–H and O–H groups in total. The summed E-state index contributed by atoms with van der Waals surface area (Å²) in [6, 6.07) is 10.4. The number of benzene rings is 2. The number of rotatable bonds is 6. The Morgan fingerprint density at radius 3 is 2.60 bits per heavy atom. The van der Waals surface area contributed by atoms with E-state index in [2.05, 4.69) is 30.7 Å². The monoisotopic (exact) mass is 480 g/mol. The van der Waals surface area contributed by atoms with Crippen LogP contribution in [0.3, 0.4) is 0 Å². The SMILES string of the molecule is COc1cc(N2CCNCC2)ccc1Nc1nc(Oc2c(F)cccc2F)cc2cn[nH]c(=O)c12. The Kier molecular flexibility index (Phi) is 6.15. The van der Waals surface area contributed by atoms with E-state index in [1.54, 1.807) is 7.11 Å². The number of nitrogens with zero attached hydrogens (tertiary/aromatic N) is 3. The summed E-state index contributed by atoms with van der Waals surface area (Å²) in [6.45, 7) is 3.53. The van der Waals surface area contributed by atoms with Crippen molar-refractivity contribution >= 4 is 28.0 Å². The van der Waals surface area contributed by atoms with E-state index < -0.39 is 22.9 Å². The highest BCUT2D eigenvalue weighted by Crippen LogP contribution is 2.35. The van der Waals surface area contributed by atoms with Gasteiger partial charge in [0, 0.05) is 49.4 Å². The van der Waals surface area contributed by atoms with E-state index in [-0.39, 0.29) is 17.1 Å². The van der Waals surface area contributed by atoms with E-state index >= 15 is 0 Å². The second-order valence-electron chi connectivity index (χ2n) is 7.87. The molecule has 4 aromatic rings. The van der Waals surface area contributed by atoms with Crippen LogP contribution in [0.4, 0.5) is 26.0 Å². The predicted molar refractivity (Wildman–Crippen MR) is 128 cm³/mol. The van der Waals surface area contributed by atoms with Crippen molar-refractivity contribution in [2.75, 3.05) is 43.5 Å². The number of ether oxygens (including phenoxy) is 2. The zero-order valence-electron chi connectivity index (χ0n) is 18.8. The van der Waals surface area contributed by atoms with Gasteiger partial charge in [-0.25, -0.2) is 13.9 Å². The molecule has 3 heterocycles. The van der Waals surface area contributed by atoms with E-state index in [0.717, 1.165) is 44.0 Å². The van der Waals surface area contributed by atoms with E-state index in [0.29, 0.717) is 16.8 Å². The lowest BCUT2D eigenvalue weighted by Gasteiger charge is -2.30. The topological polar surface area (TPSA) is 104 Å². The van der Waals surface area contributed by atoms with Crippen molar-refractivity contribution < 1.29 is 18.3 Å². The molecule has 1 saturated heterocycles. The third-order valence-electron chi connectivity index (χ3n) is 5.67. The number of piperazine rings is 1. The van der Waals surface area contributed by atoms with Gasteiger partial charge in [0.2, 0.25) is 11.6 Å². The summed E-state index contributed by atoms with van der Waals surface area (Å²) in [5.74, 6) is -1.82. The number of halogens is 2. The Labute approximate surface area is 198 Å². The summed E-state index contributed by atoms with van der Waals surface area (Å²) in [4.78, 5) is 19.2. The van der Waals surface area contributed by atoms with Gasteiger partial charge in [-0.15, -0.1) is 0 Å². The Morgan fingerprint density at radius 2 is 1.86 bits per heavy atom. The molecule has 0 bridgehead atoms. The van der Waals surface area contributed by atoms with Gasteiger partial charge < -0.3 is 25.0 Å². The molecular weight excluding hydrogens is 458 g/mol. The lowest BCUT2D eigenvalue weighted by Crippen LogP contribution is -2.43. The van der Waals surface area contributed by atoms with E-state index in [1.807, 2.05) is 18.2 Å². The van der Waals surface area contributed by atoms with E-state index in [4.69, 9.17) is 9.47 Å². The molecule has 0 aliphatic carbocycles. The molecule has 9 nitrogen and oxygen atoms in total. The van der Waals surface area contributed by atoms with Crippen molar-refractivity contribution in [2.24, 2.45) is 0 Å². The lowest BCUT2D eigenvalue weighted by molar-refractivity contribution is 0.396. The summed E-state index contributed by atoms with van der Waals surface area (Å²) in [5, 5.41) is 13.2. The minimum absolute atomic E-state index is 0.117. The first-order valence-electron chi connectivity index (χ1n) is 10.9. The molecule has 1 aliphatic rings. The fourth-order valence-electron chi connectivity index (χ4n) is 3.95. The fraction of sp³-hybridized carbons (Fsp3) is 0.208. The molecule has 1 aliphatic heterocycles. The Bertz CT molecular complexity index is 1420. The normalized spacial score (nSPS) is 13.6. The number of fused-ring (bicyclic) bond motifs is 1. The lowest BCUT2D eigenvalue weighted by atomic mass is 10.2. The molecule has 0 unspecified atom stereocenters. The summed E-state index contributed by atoms with van der Waals surface area (Å²) < 4.78 is 39.3. The average Bonchev–Trinajstić information content (AvgIpc) is 2.87. The number of methoxy groups -OCH3 is 1. The second kappa shape index (κ2) is 9.55. The van der Waals surface area contributed by atoms with Gasteiger partial charge in [-0.05, 0) is 24.3 Å². The molecule has 0 amide bonds. The van der Waals surface area contributed by atoms with Crippen LogP contribution in [0.15, 0.2) is 53.5 Å². The minimum Gasteiger partial charge on any atom is -0.494 e. The van der Waals surface area contributed by atoms with Crippen LogP contribution in [0, 0.1) is 11.6 Å². The Morgan fingerprint density at radius 1 is 1.09 bits per heavy atom. The number of pyridine rings is 1. The van der Waals surface area contributed by atoms with Gasteiger partial charge in [0.15, 0.2) is 11.6 Å². The third kappa shape index (κ3) is 4.58. The second-order valence-corrected chi connectivity index (χ2v) is 7.87. The standard InChI is InChI=1S/C24H22F2N6O3/c1-34-19-12-15(32-9-7-27-8-10-32)5-6-18(19)29-23-21-14(13-28-31-24(21)33)11-20(30-23)35-22-16(25)3-2-4-17(22)26/h2-6,11-13,27H,7-10H2,1H3,(H,29,30)(H,31,33). The van der Waals surface area contributed by atoms with Crippen LogP contribution in [-0.4, -0.2) is 48.5 Å². The molecule has 11 heteroatoms. The number of para-hydroxylation sites is 1. The number of hydrogen-bond acceptors (Lipinski definition) is 8. The number of hydrogen-bond donors (Lipinski definition) is 3. The van der Waals surface area contributed by atoms with Gasteiger partial charge in [-0.2, -0.15) is 10.1 Å². The molecule has 0 radical (unpaired) electrons. The largest absolute Gasteiger partial charge is 0.494 e. The molecule has 1 fully saturated rings. The average molecular weight is 480 g/mol. The first-order valence-corrected chi connectivity index (χ1v) is 10.9. The summed E-state index contributed by atoms with van der Waals surface area (Å²) in [6.07, 6.45) is 1.40. The summed E-state index contributed by atoms with van der Waals surface area (Å²) >= 11 is 0. The predicted octanol–water partition coefficient (Wildman–Crippen LogP) is 3.55. The zero-order valence-corrected chi connectivity index (χ0v) is 18.8. The first-order chi connectivity index (χ1) is 17.0. The van der Waals surface area contributed by atoms with Gasteiger partial charge in [0.05, 0.1) is 24.4 Å². The summed E-state index contributed by atoms with van der Waals surface area (Å²) in [5.41, 5.74) is 1.06. The van der Waals surface area contributed by atoms with Crippen molar-refractivity contribution in [3.63, 3.8) is 0 Å². The molecule has 2 aromatic heterocycles. The molecule has 2 aromatic carbocycles. The molecule has 35 heavy (non-hydrogen) atoms. The third-order valence-corrected chi connectivity index (χ3v) is 5.67. The molecular formula is C24H22F2N6O3. The van der Waals surface area contributed by atoms with Crippen LogP contribution in [0.25, 0.3) is 10.8 Å². The van der Waals surface area contributed by atoms with E-state index in [1.165, 1.54) is 18.3 Å².